The average molecular weight is 307 g/mol. The van der Waals surface area contributed by atoms with Crippen molar-refractivity contribution in [3.8, 4) is 10.6 Å². The molecular formula is C14H17N3OS2. The minimum Gasteiger partial charge on any atom is -0.325 e. The van der Waals surface area contributed by atoms with Gasteiger partial charge in [-0.2, -0.15) is 11.8 Å². The van der Waals surface area contributed by atoms with E-state index in [0.717, 1.165) is 22.0 Å². The van der Waals surface area contributed by atoms with Gasteiger partial charge in [0.05, 0.1) is 6.04 Å². The zero-order valence-corrected chi connectivity index (χ0v) is 12.8. The predicted molar refractivity (Wildman–Crippen MR) is 87.2 cm³/mol. The number of anilines is 1. The van der Waals surface area contributed by atoms with Gasteiger partial charge in [0.1, 0.15) is 5.01 Å². The molecule has 0 aliphatic rings. The summed E-state index contributed by atoms with van der Waals surface area (Å²) in [6, 6.07) is 7.18. The van der Waals surface area contributed by atoms with E-state index in [1.165, 1.54) is 0 Å². The first kappa shape index (κ1) is 15.0. The van der Waals surface area contributed by atoms with Crippen LogP contribution in [0.2, 0.25) is 0 Å². The number of aromatic nitrogens is 1. The maximum atomic E-state index is 12.0. The third kappa shape index (κ3) is 4.06. The number of benzene rings is 1. The van der Waals surface area contributed by atoms with Gasteiger partial charge >= 0.3 is 0 Å². The van der Waals surface area contributed by atoms with Crippen LogP contribution in [-0.4, -0.2) is 28.9 Å². The zero-order chi connectivity index (χ0) is 14.4. The number of carbonyl (C=O) groups excluding carboxylic acids is 1. The Morgan fingerprint density at radius 1 is 1.55 bits per heavy atom. The van der Waals surface area contributed by atoms with E-state index in [0.29, 0.717) is 6.42 Å². The van der Waals surface area contributed by atoms with Crippen molar-refractivity contribution in [2.24, 2.45) is 5.73 Å². The normalized spacial score (nSPS) is 12.1. The van der Waals surface area contributed by atoms with Crippen molar-refractivity contribution in [3.63, 3.8) is 0 Å². The van der Waals surface area contributed by atoms with E-state index in [1.807, 2.05) is 35.9 Å². The minimum atomic E-state index is -0.467. The summed E-state index contributed by atoms with van der Waals surface area (Å²) >= 11 is 3.26. The number of amides is 1. The first-order valence-corrected chi connectivity index (χ1v) is 8.53. The summed E-state index contributed by atoms with van der Waals surface area (Å²) in [5, 5.41) is 5.72. The Morgan fingerprint density at radius 3 is 3.10 bits per heavy atom. The van der Waals surface area contributed by atoms with Crippen molar-refractivity contribution in [2.45, 2.75) is 12.5 Å². The molecule has 1 heterocycles. The standard InChI is InChI=1S/C14H17N3OS2/c1-19-7-5-12(15)13(18)17-11-4-2-3-10(9-11)14-16-6-8-20-14/h2-4,6,8-9,12H,5,7,15H2,1H3,(H,17,18)/t12-/m0/s1. The second-order valence-corrected chi connectivity index (χ2v) is 6.18. The molecule has 1 aromatic carbocycles. The van der Waals surface area contributed by atoms with Gasteiger partial charge in [-0.05, 0) is 30.6 Å². The third-order valence-electron chi connectivity index (χ3n) is 2.78. The molecule has 2 rings (SSSR count). The number of nitrogens with two attached hydrogens (primary N) is 1. The van der Waals surface area contributed by atoms with Gasteiger partial charge in [-0.15, -0.1) is 11.3 Å². The van der Waals surface area contributed by atoms with Crippen LogP contribution in [0, 0.1) is 0 Å². The van der Waals surface area contributed by atoms with Gasteiger partial charge in [0.2, 0.25) is 5.91 Å². The van der Waals surface area contributed by atoms with E-state index in [1.54, 1.807) is 29.3 Å². The number of carbonyl (C=O) groups is 1. The van der Waals surface area contributed by atoms with Crippen LogP contribution < -0.4 is 11.1 Å². The Bertz CT molecular complexity index is 557. The summed E-state index contributed by atoms with van der Waals surface area (Å²) in [6.45, 7) is 0. The molecule has 1 amide bonds. The number of thioether (sulfide) groups is 1. The van der Waals surface area contributed by atoms with Crippen molar-refractivity contribution in [2.75, 3.05) is 17.3 Å². The van der Waals surface area contributed by atoms with E-state index >= 15 is 0 Å². The molecule has 0 aliphatic heterocycles. The molecule has 0 aliphatic carbocycles. The molecule has 0 spiro atoms. The Morgan fingerprint density at radius 2 is 2.40 bits per heavy atom. The predicted octanol–water partition coefficient (Wildman–Crippen LogP) is 2.83. The summed E-state index contributed by atoms with van der Waals surface area (Å²) in [7, 11) is 0. The summed E-state index contributed by atoms with van der Waals surface area (Å²) in [5.41, 5.74) is 7.60. The van der Waals surface area contributed by atoms with E-state index in [-0.39, 0.29) is 5.91 Å². The lowest BCUT2D eigenvalue weighted by molar-refractivity contribution is -0.117. The molecule has 0 saturated carbocycles. The van der Waals surface area contributed by atoms with E-state index in [2.05, 4.69) is 10.3 Å². The molecule has 1 atom stereocenters. The lowest BCUT2D eigenvalue weighted by atomic mass is 10.2. The molecule has 0 bridgehead atoms. The second-order valence-electron chi connectivity index (χ2n) is 4.30. The molecule has 2 aromatic rings. The van der Waals surface area contributed by atoms with Gasteiger partial charge < -0.3 is 11.1 Å². The van der Waals surface area contributed by atoms with Crippen LogP contribution in [0.5, 0.6) is 0 Å². The van der Waals surface area contributed by atoms with Crippen LogP contribution in [0.3, 0.4) is 0 Å². The van der Waals surface area contributed by atoms with Crippen molar-refractivity contribution >= 4 is 34.7 Å². The fraction of sp³-hybridized carbons (Fsp3) is 0.286. The molecule has 4 nitrogen and oxygen atoms in total. The zero-order valence-electron chi connectivity index (χ0n) is 11.2. The lowest BCUT2D eigenvalue weighted by Gasteiger charge is -2.12. The smallest absolute Gasteiger partial charge is 0.241 e. The first-order valence-electron chi connectivity index (χ1n) is 6.26. The molecule has 0 radical (unpaired) electrons. The van der Waals surface area contributed by atoms with Crippen molar-refractivity contribution in [3.05, 3.63) is 35.8 Å². The number of nitrogens with zero attached hydrogens (tertiary/aromatic N) is 1. The highest BCUT2D eigenvalue weighted by Gasteiger charge is 2.13. The van der Waals surface area contributed by atoms with E-state index in [9.17, 15) is 4.79 Å². The number of rotatable bonds is 6. The van der Waals surface area contributed by atoms with Gasteiger partial charge in [0, 0.05) is 22.8 Å². The molecular weight excluding hydrogens is 290 g/mol. The lowest BCUT2D eigenvalue weighted by Crippen LogP contribution is -2.36. The van der Waals surface area contributed by atoms with Gasteiger partial charge in [-0.3, -0.25) is 4.79 Å². The van der Waals surface area contributed by atoms with Crippen LogP contribution in [0.15, 0.2) is 35.8 Å². The molecule has 0 saturated heterocycles. The molecule has 1 aromatic heterocycles. The quantitative estimate of drug-likeness (QED) is 0.861. The SMILES string of the molecule is CSCC[C@H](N)C(=O)Nc1cccc(-c2nccs2)c1. The molecule has 20 heavy (non-hydrogen) atoms. The van der Waals surface area contributed by atoms with Crippen molar-refractivity contribution in [1.29, 1.82) is 0 Å². The van der Waals surface area contributed by atoms with Gasteiger partial charge in [-0.1, -0.05) is 12.1 Å². The van der Waals surface area contributed by atoms with E-state index in [4.69, 9.17) is 5.73 Å². The molecule has 3 N–H and O–H groups in total. The van der Waals surface area contributed by atoms with Crippen molar-refractivity contribution < 1.29 is 4.79 Å². The van der Waals surface area contributed by atoms with Gasteiger partial charge in [0.25, 0.3) is 0 Å². The summed E-state index contributed by atoms with van der Waals surface area (Å²) in [6.07, 6.45) is 4.45. The fourth-order valence-corrected chi connectivity index (χ4v) is 2.83. The van der Waals surface area contributed by atoms with Crippen LogP contribution >= 0.6 is 23.1 Å². The number of thiazole rings is 1. The summed E-state index contributed by atoms with van der Waals surface area (Å²) in [5.74, 6) is 0.739. The largest absolute Gasteiger partial charge is 0.325 e. The average Bonchev–Trinajstić information content (AvgIpc) is 2.99. The van der Waals surface area contributed by atoms with Crippen molar-refractivity contribution in [1.82, 2.24) is 4.98 Å². The molecule has 106 valence electrons. The second kappa shape index (κ2) is 7.42. The number of nitrogens with one attached hydrogen (secondary N) is 1. The monoisotopic (exact) mass is 307 g/mol. The highest BCUT2D eigenvalue weighted by molar-refractivity contribution is 7.98. The van der Waals surface area contributed by atoms with Crippen LogP contribution in [0.4, 0.5) is 5.69 Å². The van der Waals surface area contributed by atoms with Crippen LogP contribution in [0.1, 0.15) is 6.42 Å². The number of hydrogen-bond donors (Lipinski definition) is 2. The highest BCUT2D eigenvalue weighted by atomic mass is 32.2. The molecule has 0 unspecified atom stereocenters. The van der Waals surface area contributed by atoms with Crippen LogP contribution in [0.25, 0.3) is 10.6 Å². The minimum absolute atomic E-state index is 0.143. The van der Waals surface area contributed by atoms with Gasteiger partial charge in [0.15, 0.2) is 0 Å². The first-order chi connectivity index (χ1) is 9.70. The van der Waals surface area contributed by atoms with E-state index < -0.39 is 6.04 Å². The van der Waals surface area contributed by atoms with Gasteiger partial charge in [-0.25, -0.2) is 4.98 Å². The highest BCUT2D eigenvalue weighted by Crippen LogP contribution is 2.24. The van der Waals surface area contributed by atoms with Crippen LogP contribution in [-0.2, 0) is 4.79 Å². The molecule has 0 fully saturated rings. The third-order valence-corrected chi connectivity index (χ3v) is 4.25. The summed E-state index contributed by atoms with van der Waals surface area (Å²) < 4.78 is 0. The Labute approximate surface area is 126 Å². The summed E-state index contributed by atoms with van der Waals surface area (Å²) in [4.78, 5) is 16.2. The molecule has 6 heteroatoms. The Kier molecular flexibility index (Phi) is 5.58. The Balaban J connectivity index is 2.03. The number of hydrogen-bond acceptors (Lipinski definition) is 5. The Hall–Kier alpha value is -1.37. The maximum Gasteiger partial charge on any atom is 0.241 e. The fourth-order valence-electron chi connectivity index (χ4n) is 1.71. The maximum absolute atomic E-state index is 12.0. The topological polar surface area (TPSA) is 68.0 Å².